The summed E-state index contributed by atoms with van der Waals surface area (Å²) in [4.78, 5) is 14.1. The summed E-state index contributed by atoms with van der Waals surface area (Å²) < 4.78 is 1.84. The van der Waals surface area contributed by atoms with Crippen LogP contribution in [0.15, 0.2) is 59.5 Å². The van der Waals surface area contributed by atoms with Gasteiger partial charge in [0.15, 0.2) is 5.69 Å². The van der Waals surface area contributed by atoms with E-state index in [4.69, 9.17) is 0 Å². The fraction of sp³-hybridized carbons (Fsp3) is 0.273. The molecule has 1 atom stereocenters. The van der Waals surface area contributed by atoms with E-state index in [0.717, 1.165) is 35.4 Å². The molecule has 1 aliphatic heterocycles. The van der Waals surface area contributed by atoms with Crippen molar-refractivity contribution in [3.05, 3.63) is 71.4 Å². The molecule has 1 aliphatic rings. The van der Waals surface area contributed by atoms with Gasteiger partial charge in [-0.3, -0.25) is 9.48 Å². The van der Waals surface area contributed by atoms with Crippen LogP contribution in [0.4, 0.5) is 0 Å². The second kappa shape index (κ2) is 7.61. The van der Waals surface area contributed by atoms with Crippen LogP contribution in [0.1, 0.15) is 35.0 Å². The van der Waals surface area contributed by atoms with Gasteiger partial charge in [-0.2, -0.15) is 5.10 Å². The molecule has 138 valence electrons. The molecule has 0 saturated heterocycles. The minimum Gasteiger partial charge on any atom is -0.348 e. The second-order valence-electron chi connectivity index (χ2n) is 6.98. The van der Waals surface area contributed by atoms with Crippen molar-refractivity contribution in [2.75, 3.05) is 0 Å². The molecule has 0 unspecified atom stereocenters. The van der Waals surface area contributed by atoms with Crippen molar-refractivity contribution >= 4 is 17.7 Å². The molecule has 0 aliphatic carbocycles. The van der Waals surface area contributed by atoms with Gasteiger partial charge in [0.05, 0.1) is 5.69 Å². The molecule has 3 aromatic rings. The topological polar surface area (TPSA) is 46.9 Å². The van der Waals surface area contributed by atoms with Crippen molar-refractivity contribution in [3.63, 3.8) is 0 Å². The highest BCUT2D eigenvalue weighted by Crippen LogP contribution is 2.42. The van der Waals surface area contributed by atoms with Crippen molar-refractivity contribution in [2.45, 2.75) is 36.5 Å². The number of nitrogens with one attached hydrogen (secondary N) is 1. The molecule has 27 heavy (non-hydrogen) atoms. The number of carbonyl (C=O) groups is 1. The minimum atomic E-state index is -0.0765. The third-order valence-electron chi connectivity index (χ3n) is 4.96. The van der Waals surface area contributed by atoms with E-state index in [1.54, 1.807) is 11.8 Å². The molecule has 1 N–H and O–H groups in total. The summed E-state index contributed by atoms with van der Waals surface area (Å²) in [5.41, 5.74) is 5.11. The molecular weight excluding hydrogens is 354 g/mol. The summed E-state index contributed by atoms with van der Waals surface area (Å²) in [5.74, 6) is 0.703. The lowest BCUT2D eigenvalue weighted by Gasteiger charge is -2.17. The summed E-state index contributed by atoms with van der Waals surface area (Å²) in [5, 5.41) is 7.68. The molecule has 0 bridgehead atoms. The second-order valence-corrected chi connectivity index (χ2v) is 8.00. The van der Waals surface area contributed by atoms with Crippen molar-refractivity contribution in [1.82, 2.24) is 15.1 Å². The summed E-state index contributed by atoms with van der Waals surface area (Å²) in [6.07, 6.45) is 1.86. The summed E-state index contributed by atoms with van der Waals surface area (Å²) in [7, 11) is 1.92. The minimum absolute atomic E-state index is 0.0765. The Morgan fingerprint density at radius 3 is 2.74 bits per heavy atom. The molecule has 0 fully saturated rings. The van der Waals surface area contributed by atoms with Gasteiger partial charge in [-0.1, -0.05) is 48.5 Å². The van der Waals surface area contributed by atoms with Crippen molar-refractivity contribution in [3.8, 4) is 11.3 Å². The number of rotatable bonds is 5. The molecule has 0 spiro atoms. The first-order valence-corrected chi connectivity index (χ1v) is 10.2. The van der Waals surface area contributed by atoms with Crippen LogP contribution in [0.5, 0.6) is 0 Å². The van der Waals surface area contributed by atoms with Crippen LogP contribution in [0.25, 0.3) is 11.3 Å². The highest BCUT2D eigenvalue weighted by Gasteiger charge is 2.27. The van der Waals surface area contributed by atoms with Gasteiger partial charge in [-0.05, 0) is 31.4 Å². The molecule has 4 rings (SSSR count). The molecule has 4 nitrogen and oxygen atoms in total. The van der Waals surface area contributed by atoms with E-state index < -0.39 is 0 Å². The highest BCUT2D eigenvalue weighted by molar-refractivity contribution is 7.98. The van der Waals surface area contributed by atoms with Crippen LogP contribution in [0, 0.1) is 0 Å². The molecule has 5 heteroatoms. The van der Waals surface area contributed by atoms with Gasteiger partial charge < -0.3 is 5.32 Å². The highest BCUT2D eigenvalue weighted by atomic mass is 32.2. The molecular formula is C22H23N3OS. The number of hydrogen-bond donors (Lipinski definition) is 1. The molecule has 1 amide bonds. The number of carbonyl (C=O) groups excluding carboxylic acids is 1. The van der Waals surface area contributed by atoms with Crippen molar-refractivity contribution in [2.24, 2.45) is 7.05 Å². The first-order chi connectivity index (χ1) is 13.1. The fourth-order valence-electron chi connectivity index (χ4n) is 3.55. The van der Waals surface area contributed by atoms with Crippen LogP contribution in [0.2, 0.25) is 0 Å². The van der Waals surface area contributed by atoms with E-state index in [0.29, 0.717) is 5.69 Å². The number of hydrogen-bond acceptors (Lipinski definition) is 3. The zero-order chi connectivity index (χ0) is 18.8. The van der Waals surface area contributed by atoms with Gasteiger partial charge in [0.2, 0.25) is 0 Å². The normalized spacial score (nSPS) is 13.6. The maximum atomic E-state index is 12.9. The zero-order valence-corrected chi connectivity index (χ0v) is 16.4. The zero-order valence-electron chi connectivity index (χ0n) is 15.6. The van der Waals surface area contributed by atoms with Crippen LogP contribution < -0.4 is 5.32 Å². The first-order valence-electron chi connectivity index (χ1n) is 9.26. The fourth-order valence-corrected chi connectivity index (χ4v) is 4.62. The van der Waals surface area contributed by atoms with Crippen LogP contribution in [-0.2, 0) is 19.2 Å². The third kappa shape index (κ3) is 3.65. The predicted molar refractivity (Wildman–Crippen MR) is 110 cm³/mol. The molecule has 1 aromatic heterocycles. The Morgan fingerprint density at radius 1 is 1.19 bits per heavy atom. The summed E-state index contributed by atoms with van der Waals surface area (Å²) in [6, 6.07) is 18.8. The van der Waals surface area contributed by atoms with E-state index in [1.165, 1.54) is 10.5 Å². The van der Waals surface area contributed by atoms with E-state index in [1.807, 2.05) is 36.0 Å². The summed E-state index contributed by atoms with van der Waals surface area (Å²) >= 11 is 1.77. The number of aryl methyl sites for hydroxylation is 2. The maximum absolute atomic E-state index is 12.9. The Hall–Kier alpha value is -2.53. The lowest BCUT2D eigenvalue weighted by Crippen LogP contribution is -2.33. The molecule has 0 saturated carbocycles. The predicted octanol–water partition coefficient (Wildman–Crippen LogP) is 4.44. The number of aromatic nitrogens is 2. The van der Waals surface area contributed by atoms with E-state index in [-0.39, 0.29) is 11.9 Å². The van der Waals surface area contributed by atoms with Crippen molar-refractivity contribution in [1.29, 1.82) is 0 Å². The van der Waals surface area contributed by atoms with Gasteiger partial charge in [-0.15, -0.1) is 11.8 Å². The van der Waals surface area contributed by atoms with Gasteiger partial charge in [0.25, 0.3) is 5.91 Å². The first kappa shape index (κ1) is 17.9. The number of nitrogens with zero attached hydrogens (tertiary/aromatic N) is 2. The number of benzene rings is 2. The SMILES string of the molecule is C[C@@H](CCc1ccccc1)NC(=O)c1nn(C)c2c1CSc1ccccc1-2. The lowest BCUT2D eigenvalue weighted by atomic mass is 10.0. The average Bonchev–Trinajstić information content (AvgIpc) is 3.04. The van der Waals surface area contributed by atoms with Crippen LogP contribution >= 0.6 is 11.8 Å². The largest absolute Gasteiger partial charge is 0.348 e. The number of amides is 1. The van der Waals surface area contributed by atoms with E-state index >= 15 is 0 Å². The van der Waals surface area contributed by atoms with Gasteiger partial charge in [-0.25, -0.2) is 0 Å². The smallest absolute Gasteiger partial charge is 0.272 e. The average molecular weight is 378 g/mol. The summed E-state index contributed by atoms with van der Waals surface area (Å²) in [6.45, 7) is 2.06. The van der Waals surface area contributed by atoms with Crippen molar-refractivity contribution < 1.29 is 4.79 Å². The Kier molecular flexibility index (Phi) is 5.03. The molecule has 2 aromatic carbocycles. The number of fused-ring (bicyclic) bond motifs is 3. The third-order valence-corrected chi connectivity index (χ3v) is 6.06. The lowest BCUT2D eigenvalue weighted by molar-refractivity contribution is 0.0932. The van der Waals surface area contributed by atoms with Crippen LogP contribution in [0.3, 0.4) is 0 Å². The van der Waals surface area contributed by atoms with Gasteiger partial charge in [0, 0.05) is 34.9 Å². The quantitative estimate of drug-likeness (QED) is 0.715. The van der Waals surface area contributed by atoms with Crippen LogP contribution in [-0.4, -0.2) is 21.7 Å². The Morgan fingerprint density at radius 2 is 1.93 bits per heavy atom. The number of thioether (sulfide) groups is 1. The van der Waals surface area contributed by atoms with E-state index in [9.17, 15) is 4.79 Å². The van der Waals surface area contributed by atoms with Gasteiger partial charge >= 0.3 is 0 Å². The molecule has 0 radical (unpaired) electrons. The van der Waals surface area contributed by atoms with E-state index in [2.05, 4.69) is 47.7 Å². The Labute approximate surface area is 164 Å². The van der Waals surface area contributed by atoms with Gasteiger partial charge in [0.1, 0.15) is 0 Å². The monoisotopic (exact) mass is 377 g/mol. The maximum Gasteiger partial charge on any atom is 0.272 e. The Bertz CT molecular complexity index is 965. The standard InChI is InChI=1S/C22H23N3OS/c1-15(12-13-16-8-4-3-5-9-16)23-22(26)20-18-14-27-19-11-7-6-10-17(19)21(18)25(2)24-20/h3-11,15H,12-14H2,1-2H3,(H,23,26)/t15-/m0/s1. The molecule has 2 heterocycles. The Balaban J connectivity index is 1.49.